The minimum Gasteiger partial charge on any atom is -0.381 e. The molecule has 1 heterocycles. The van der Waals surface area contributed by atoms with Crippen LogP contribution in [0, 0.1) is 5.92 Å². The number of hydrogen-bond acceptors (Lipinski definition) is 2. The zero-order valence-electron chi connectivity index (χ0n) is 11.6. The van der Waals surface area contributed by atoms with Crippen molar-refractivity contribution in [3.05, 3.63) is 36.5 Å². The van der Waals surface area contributed by atoms with Gasteiger partial charge in [-0.25, -0.2) is 0 Å². The lowest BCUT2D eigenvalue weighted by atomic mass is 10.0. The lowest BCUT2D eigenvalue weighted by Gasteiger charge is -2.18. The third kappa shape index (κ3) is 2.89. The molecule has 1 aromatic heterocycles. The summed E-state index contributed by atoms with van der Waals surface area (Å²) in [5, 5.41) is 4.94. The standard InChI is InChI=1S/C17H22N2/c1-13-5-2-8-15(11-10-13)19-16-9-3-6-14-7-4-12-18-17(14)16/h3-4,6-7,9,12-13,15,19H,2,5,8,10-11H2,1H3. The van der Waals surface area contributed by atoms with Crippen LogP contribution < -0.4 is 5.32 Å². The summed E-state index contributed by atoms with van der Waals surface area (Å²) in [6.45, 7) is 2.38. The molecule has 1 fully saturated rings. The van der Waals surface area contributed by atoms with Crippen LogP contribution in [0.1, 0.15) is 39.0 Å². The first-order valence-electron chi connectivity index (χ1n) is 7.43. The number of benzene rings is 1. The van der Waals surface area contributed by atoms with Crippen molar-refractivity contribution >= 4 is 16.6 Å². The zero-order chi connectivity index (χ0) is 13.1. The molecule has 3 rings (SSSR count). The molecule has 0 radical (unpaired) electrons. The third-order valence-electron chi connectivity index (χ3n) is 4.25. The molecule has 2 heteroatoms. The lowest BCUT2D eigenvalue weighted by molar-refractivity contribution is 0.502. The quantitative estimate of drug-likeness (QED) is 0.791. The van der Waals surface area contributed by atoms with Crippen LogP contribution in [0.4, 0.5) is 5.69 Å². The SMILES string of the molecule is CC1CCCC(Nc2cccc3cccnc23)CC1. The predicted octanol–water partition coefficient (Wildman–Crippen LogP) is 4.62. The molecule has 2 atom stereocenters. The van der Waals surface area contributed by atoms with E-state index in [-0.39, 0.29) is 0 Å². The molecular formula is C17H22N2. The van der Waals surface area contributed by atoms with Crippen molar-refractivity contribution in [3.63, 3.8) is 0 Å². The van der Waals surface area contributed by atoms with Crippen LogP contribution >= 0.6 is 0 Å². The third-order valence-corrected chi connectivity index (χ3v) is 4.25. The van der Waals surface area contributed by atoms with Crippen molar-refractivity contribution in [2.75, 3.05) is 5.32 Å². The molecule has 1 N–H and O–H groups in total. The van der Waals surface area contributed by atoms with Gasteiger partial charge in [-0.3, -0.25) is 4.98 Å². The number of fused-ring (bicyclic) bond motifs is 1. The summed E-state index contributed by atoms with van der Waals surface area (Å²) in [7, 11) is 0. The Morgan fingerprint density at radius 1 is 1.05 bits per heavy atom. The Hall–Kier alpha value is -1.57. The number of pyridine rings is 1. The van der Waals surface area contributed by atoms with Gasteiger partial charge in [0.15, 0.2) is 0 Å². The minimum atomic E-state index is 0.609. The summed E-state index contributed by atoms with van der Waals surface area (Å²) in [5.41, 5.74) is 2.29. The number of nitrogens with one attached hydrogen (secondary N) is 1. The van der Waals surface area contributed by atoms with Gasteiger partial charge in [0.05, 0.1) is 11.2 Å². The molecule has 2 aromatic rings. The van der Waals surface area contributed by atoms with Crippen LogP contribution in [0.25, 0.3) is 10.9 Å². The number of para-hydroxylation sites is 1. The highest BCUT2D eigenvalue weighted by molar-refractivity contribution is 5.90. The molecule has 19 heavy (non-hydrogen) atoms. The molecule has 0 spiro atoms. The number of nitrogens with zero attached hydrogens (tertiary/aromatic N) is 1. The fourth-order valence-corrected chi connectivity index (χ4v) is 3.07. The second-order valence-electron chi connectivity index (χ2n) is 5.84. The van der Waals surface area contributed by atoms with E-state index >= 15 is 0 Å². The topological polar surface area (TPSA) is 24.9 Å². The molecule has 1 aliphatic rings. The van der Waals surface area contributed by atoms with E-state index < -0.39 is 0 Å². The van der Waals surface area contributed by atoms with Crippen molar-refractivity contribution in [1.82, 2.24) is 4.98 Å². The summed E-state index contributed by atoms with van der Waals surface area (Å²) in [4.78, 5) is 4.52. The average Bonchev–Trinajstić information content (AvgIpc) is 2.64. The first-order chi connectivity index (χ1) is 9.33. The Morgan fingerprint density at radius 3 is 2.89 bits per heavy atom. The van der Waals surface area contributed by atoms with Crippen LogP contribution in [-0.2, 0) is 0 Å². The fraction of sp³-hybridized carbons (Fsp3) is 0.471. The van der Waals surface area contributed by atoms with Crippen LogP contribution in [0.3, 0.4) is 0 Å². The van der Waals surface area contributed by atoms with E-state index in [4.69, 9.17) is 0 Å². The molecule has 0 amide bonds. The summed E-state index contributed by atoms with van der Waals surface area (Å²) < 4.78 is 0. The fourth-order valence-electron chi connectivity index (χ4n) is 3.07. The van der Waals surface area contributed by atoms with Gasteiger partial charge in [0, 0.05) is 17.6 Å². The van der Waals surface area contributed by atoms with Gasteiger partial charge in [-0.15, -0.1) is 0 Å². The van der Waals surface area contributed by atoms with Gasteiger partial charge in [0.1, 0.15) is 0 Å². The molecular weight excluding hydrogens is 232 g/mol. The van der Waals surface area contributed by atoms with E-state index in [1.165, 1.54) is 43.2 Å². The van der Waals surface area contributed by atoms with Crippen LogP contribution in [0.5, 0.6) is 0 Å². The maximum Gasteiger partial charge on any atom is 0.0933 e. The van der Waals surface area contributed by atoms with Gasteiger partial charge in [-0.05, 0) is 37.3 Å². The second-order valence-corrected chi connectivity index (χ2v) is 5.84. The van der Waals surface area contributed by atoms with E-state index in [2.05, 4.69) is 41.5 Å². The van der Waals surface area contributed by atoms with Gasteiger partial charge >= 0.3 is 0 Å². The van der Waals surface area contributed by atoms with E-state index in [1.54, 1.807) is 0 Å². The Kier molecular flexibility index (Phi) is 3.67. The van der Waals surface area contributed by atoms with Crippen LogP contribution in [0.15, 0.2) is 36.5 Å². The van der Waals surface area contributed by atoms with Gasteiger partial charge < -0.3 is 5.32 Å². The van der Waals surface area contributed by atoms with Crippen LogP contribution in [0.2, 0.25) is 0 Å². The Balaban J connectivity index is 1.81. The van der Waals surface area contributed by atoms with Crippen molar-refractivity contribution in [2.24, 2.45) is 5.92 Å². The van der Waals surface area contributed by atoms with Gasteiger partial charge in [-0.1, -0.05) is 38.0 Å². The first-order valence-corrected chi connectivity index (χ1v) is 7.43. The molecule has 2 unspecified atom stereocenters. The molecule has 1 aliphatic carbocycles. The zero-order valence-corrected chi connectivity index (χ0v) is 11.6. The molecule has 0 saturated heterocycles. The van der Waals surface area contributed by atoms with Crippen molar-refractivity contribution < 1.29 is 0 Å². The van der Waals surface area contributed by atoms with E-state index in [1.807, 2.05) is 12.3 Å². The average molecular weight is 254 g/mol. The monoisotopic (exact) mass is 254 g/mol. The second kappa shape index (κ2) is 5.60. The van der Waals surface area contributed by atoms with Crippen molar-refractivity contribution in [3.8, 4) is 0 Å². The van der Waals surface area contributed by atoms with E-state index in [9.17, 15) is 0 Å². The van der Waals surface area contributed by atoms with Crippen molar-refractivity contribution in [2.45, 2.75) is 45.1 Å². The number of anilines is 1. The maximum absolute atomic E-state index is 4.52. The van der Waals surface area contributed by atoms with Gasteiger partial charge in [0.25, 0.3) is 0 Å². The summed E-state index contributed by atoms with van der Waals surface area (Å²) >= 11 is 0. The molecule has 1 aromatic carbocycles. The highest BCUT2D eigenvalue weighted by atomic mass is 14.9. The summed E-state index contributed by atoms with van der Waals surface area (Å²) in [5.74, 6) is 0.887. The molecule has 2 nitrogen and oxygen atoms in total. The molecule has 100 valence electrons. The Bertz CT molecular complexity index is 544. The highest BCUT2D eigenvalue weighted by Gasteiger charge is 2.16. The van der Waals surface area contributed by atoms with E-state index in [0.29, 0.717) is 6.04 Å². The molecule has 1 saturated carbocycles. The Morgan fingerprint density at radius 2 is 1.95 bits per heavy atom. The summed E-state index contributed by atoms with van der Waals surface area (Å²) in [6.07, 6.45) is 8.51. The van der Waals surface area contributed by atoms with Crippen molar-refractivity contribution in [1.29, 1.82) is 0 Å². The van der Waals surface area contributed by atoms with E-state index in [0.717, 1.165) is 11.4 Å². The van der Waals surface area contributed by atoms with Gasteiger partial charge in [0.2, 0.25) is 0 Å². The number of rotatable bonds is 2. The minimum absolute atomic E-state index is 0.609. The number of hydrogen-bond donors (Lipinski definition) is 1. The predicted molar refractivity (Wildman–Crippen MR) is 81.4 cm³/mol. The largest absolute Gasteiger partial charge is 0.381 e. The van der Waals surface area contributed by atoms with Gasteiger partial charge in [-0.2, -0.15) is 0 Å². The normalized spacial score (nSPS) is 24.1. The molecule has 0 bridgehead atoms. The number of aromatic nitrogens is 1. The summed E-state index contributed by atoms with van der Waals surface area (Å²) in [6, 6.07) is 11.1. The first kappa shape index (κ1) is 12.5. The highest BCUT2D eigenvalue weighted by Crippen LogP contribution is 2.27. The molecule has 0 aliphatic heterocycles. The lowest BCUT2D eigenvalue weighted by Crippen LogP contribution is -2.18. The Labute approximate surface area is 115 Å². The smallest absolute Gasteiger partial charge is 0.0933 e. The maximum atomic E-state index is 4.52. The van der Waals surface area contributed by atoms with Crippen LogP contribution in [-0.4, -0.2) is 11.0 Å².